The molecule has 1 amide bonds. The summed E-state index contributed by atoms with van der Waals surface area (Å²) in [7, 11) is 0. The quantitative estimate of drug-likeness (QED) is 0.942. The van der Waals surface area contributed by atoms with E-state index in [1.165, 1.54) is 19.3 Å². The number of piperidine rings is 1. The van der Waals surface area contributed by atoms with Gasteiger partial charge in [0.2, 0.25) is 5.91 Å². The van der Waals surface area contributed by atoms with E-state index in [-0.39, 0.29) is 5.91 Å². The Morgan fingerprint density at radius 3 is 2.76 bits per heavy atom. The van der Waals surface area contributed by atoms with E-state index in [2.05, 4.69) is 15.2 Å². The van der Waals surface area contributed by atoms with Crippen molar-refractivity contribution in [2.75, 3.05) is 23.3 Å². The fourth-order valence-electron chi connectivity index (χ4n) is 2.55. The average molecular weight is 301 g/mol. The molecule has 21 heavy (non-hydrogen) atoms. The maximum Gasteiger partial charge on any atom is 0.229 e. The molecule has 0 aromatic carbocycles. The smallest absolute Gasteiger partial charge is 0.229 e. The number of anilines is 2. The van der Waals surface area contributed by atoms with Crippen molar-refractivity contribution in [3.63, 3.8) is 0 Å². The third-order valence-corrected chi connectivity index (χ3v) is 4.50. The van der Waals surface area contributed by atoms with Gasteiger partial charge in [0, 0.05) is 18.0 Å². The Kier molecular flexibility index (Phi) is 4.50. The summed E-state index contributed by atoms with van der Waals surface area (Å²) in [5.41, 5.74) is 0.761. The van der Waals surface area contributed by atoms with Crippen molar-refractivity contribution in [2.45, 2.75) is 25.7 Å². The number of pyridine rings is 1. The SMILES string of the molecule is O=C(Cc1cccs1)Nc1ccc(N2CCCCC2)nc1. The van der Waals surface area contributed by atoms with Crippen LogP contribution in [0.2, 0.25) is 0 Å². The number of carbonyl (C=O) groups excluding carboxylic acids is 1. The lowest BCUT2D eigenvalue weighted by Gasteiger charge is -2.27. The molecule has 2 aromatic rings. The lowest BCUT2D eigenvalue weighted by molar-refractivity contribution is -0.115. The zero-order valence-electron chi connectivity index (χ0n) is 11.9. The van der Waals surface area contributed by atoms with Crippen LogP contribution in [0.1, 0.15) is 24.1 Å². The van der Waals surface area contributed by atoms with Crippen LogP contribution in [0.3, 0.4) is 0 Å². The maximum absolute atomic E-state index is 11.9. The Morgan fingerprint density at radius 2 is 2.10 bits per heavy atom. The first-order valence-electron chi connectivity index (χ1n) is 7.34. The van der Waals surface area contributed by atoms with Crippen LogP contribution in [0.5, 0.6) is 0 Å². The number of nitrogens with zero attached hydrogens (tertiary/aromatic N) is 2. The van der Waals surface area contributed by atoms with Gasteiger partial charge in [0.1, 0.15) is 5.82 Å². The summed E-state index contributed by atoms with van der Waals surface area (Å²) in [6, 6.07) is 7.86. The number of amides is 1. The molecule has 1 aliphatic rings. The minimum atomic E-state index is 0.00460. The zero-order valence-corrected chi connectivity index (χ0v) is 12.7. The monoisotopic (exact) mass is 301 g/mol. The van der Waals surface area contributed by atoms with E-state index in [0.29, 0.717) is 6.42 Å². The number of carbonyl (C=O) groups is 1. The maximum atomic E-state index is 11.9. The van der Waals surface area contributed by atoms with Gasteiger partial charge in [0.25, 0.3) is 0 Å². The molecule has 0 saturated carbocycles. The fourth-order valence-corrected chi connectivity index (χ4v) is 3.25. The third kappa shape index (κ3) is 3.82. The van der Waals surface area contributed by atoms with E-state index in [1.54, 1.807) is 17.5 Å². The van der Waals surface area contributed by atoms with Crippen molar-refractivity contribution >= 4 is 28.7 Å². The van der Waals surface area contributed by atoms with E-state index < -0.39 is 0 Å². The molecule has 110 valence electrons. The van der Waals surface area contributed by atoms with E-state index in [1.807, 2.05) is 29.6 Å². The molecule has 2 aromatic heterocycles. The summed E-state index contributed by atoms with van der Waals surface area (Å²) >= 11 is 1.60. The first-order chi connectivity index (χ1) is 10.3. The van der Waals surface area contributed by atoms with Gasteiger partial charge in [-0.2, -0.15) is 0 Å². The Hall–Kier alpha value is -1.88. The summed E-state index contributed by atoms with van der Waals surface area (Å²) in [4.78, 5) is 19.8. The number of hydrogen-bond acceptors (Lipinski definition) is 4. The van der Waals surface area contributed by atoms with Crippen molar-refractivity contribution in [3.8, 4) is 0 Å². The predicted octanol–water partition coefficient (Wildman–Crippen LogP) is 3.31. The molecule has 1 saturated heterocycles. The molecule has 3 heterocycles. The summed E-state index contributed by atoms with van der Waals surface area (Å²) in [5, 5.41) is 4.88. The highest BCUT2D eigenvalue weighted by Gasteiger charge is 2.12. The molecule has 0 atom stereocenters. The van der Waals surface area contributed by atoms with Crippen molar-refractivity contribution in [1.82, 2.24) is 4.98 Å². The van der Waals surface area contributed by atoms with E-state index >= 15 is 0 Å². The van der Waals surface area contributed by atoms with Crippen LogP contribution in [0.15, 0.2) is 35.8 Å². The first kappa shape index (κ1) is 14.1. The lowest BCUT2D eigenvalue weighted by atomic mass is 10.1. The van der Waals surface area contributed by atoms with Crippen LogP contribution in [0.25, 0.3) is 0 Å². The van der Waals surface area contributed by atoms with Gasteiger partial charge in [-0.05, 0) is 42.8 Å². The summed E-state index contributed by atoms with van der Waals surface area (Å²) < 4.78 is 0. The summed E-state index contributed by atoms with van der Waals surface area (Å²) in [5.74, 6) is 1.01. The molecule has 0 bridgehead atoms. The van der Waals surface area contributed by atoms with Crippen LogP contribution in [-0.2, 0) is 11.2 Å². The molecule has 5 heteroatoms. The minimum Gasteiger partial charge on any atom is -0.357 e. The number of rotatable bonds is 4. The normalized spacial score (nSPS) is 15.0. The second kappa shape index (κ2) is 6.72. The lowest BCUT2D eigenvalue weighted by Crippen LogP contribution is -2.30. The van der Waals surface area contributed by atoms with E-state index in [4.69, 9.17) is 0 Å². The van der Waals surface area contributed by atoms with Crippen molar-refractivity contribution in [2.24, 2.45) is 0 Å². The Morgan fingerprint density at radius 1 is 1.24 bits per heavy atom. The number of thiophene rings is 1. The van der Waals surface area contributed by atoms with Crippen molar-refractivity contribution < 1.29 is 4.79 Å². The van der Waals surface area contributed by atoms with Crippen molar-refractivity contribution in [1.29, 1.82) is 0 Å². The van der Waals surface area contributed by atoms with Crippen LogP contribution in [0, 0.1) is 0 Å². The van der Waals surface area contributed by atoms with Gasteiger partial charge in [0.15, 0.2) is 0 Å². The molecule has 1 fully saturated rings. The fraction of sp³-hybridized carbons (Fsp3) is 0.375. The van der Waals surface area contributed by atoms with Gasteiger partial charge < -0.3 is 10.2 Å². The summed E-state index contributed by atoms with van der Waals surface area (Å²) in [6.45, 7) is 2.16. The van der Waals surface area contributed by atoms with Crippen molar-refractivity contribution in [3.05, 3.63) is 40.7 Å². The minimum absolute atomic E-state index is 0.00460. The molecule has 4 nitrogen and oxygen atoms in total. The largest absolute Gasteiger partial charge is 0.357 e. The Labute approximate surface area is 128 Å². The average Bonchev–Trinajstić information content (AvgIpc) is 3.02. The van der Waals surface area contributed by atoms with Gasteiger partial charge in [-0.3, -0.25) is 4.79 Å². The van der Waals surface area contributed by atoms with E-state index in [0.717, 1.165) is 29.5 Å². The second-order valence-electron chi connectivity index (χ2n) is 5.26. The predicted molar refractivity (Wildman–Crippen MR) is 87.0 cm³/mol. The molecule has 0 spiro atoms. The van der Waals surface area contributed by atoms with Crippen LogP contribution < -0.4 is 10.2 Å². The molecule has 1 aliphatic heterocycles. The van der Waals surface area contributed by atoms with Gasteiger partial charge in [0.05, 0.1) is 18.3 Å². The second-order valence-corrected chi connectivity index (χ2v) is 6.29. The number of nitrogens with one attached hydrogen (secondary N) is 1. The zero-order chi connectivity index (χ0) is 14.5. The van der Waals surface area contributed by atoms with Crippen LogP contribution in [-0.4, -0.2) is 24.0 Å². The standard InChI is InChI=1S/C16H19N3OS/c20-16(11-14-5-4-10-21-14)18-13-6-7-15(17-12-13)19-8-2-1-3-9-19/h4-7,10,12H,1-3,8-9,11H2,(H,18,20). The van der Waals surface area contributed by atoms with Gasteiger partial charge in [-0.15, -0.1) is 11.3 Å². The first-order valence-corrected chi connectivity index (χ1v) is 8.22. The topological polar surface area (TPSA) is 45.2 Å². The van der Waals surface area contributed by atoms with Crippen LogP contribution in [0.4, 0.5) is 11.5 Å². The molecule has 0 radical (unpaired) electrons. The van der Waals surface area contributed by atoms with Crippen LogP contribution >= 0.6 is 11.3 Å². The Balaban J connectivity index is 1.57. The molecule has 0 unspecified atom stereocenters. The Bertz CT molecular complexity index is 574. The van der Waals surface area contributed by atoms with Gasteiger partial charge in [-0.25, -0.2) is 4.98 Å². The molecular weight excluding hydrogens is 282 g/mol. The molecule has 1 N–H and O–H groups in total. The summed E-state index contributed by atoms with van der Waals surface area (Å²) in [6.07, 6.45) is 5.96. The van der Waals surface area contributed by atoms with Gasteiger partial charge in [-0.1, -0.05) is 6.07 Å². The highest BCUT2D eigenvalue weighted by atomic mass is 32.1. The highest BCUT2D eigenvalue weighted by molar-refractivity contribution is 7.10. The molecule has 3 rings (SSSR count). The molecule has 0 aliphatic carbocycles. The van der Waals surface area contributed by atoms with E-state index in [9.17, 15) is 4.79 Å². The highest BCUT2D eigenvalue weighted by Crippen LogP contribution is 2.19. The number of aromatic nitrogens is 1. The van der Waals surface area contributed by atoms with Gasteiger partial charge >= 0.3 is 0 Å². The molecular formula is C16H19N3OS. The number of hydrogen-bond donors (Lipinski definition) is 1. The third-order valence-electron chi connectivity index (χ3n) is 3.63.